The van der Waals surface area contributed by atoms with Crippen molar-refractivity contribution in [2.24, 2.45) is 0 Å². The number of thiophene rings is 1. The maximum atomic E-state index is 12.9. The predicted octanol–water partition coefficient (Wildman–Crippen LogP) is 3.23. The molecule has 3 aromatic rings. The minimum atomic E-state index is -0.737. The number of furan rings is 1. The van der Waals surface area contributed by atoms with Crippen LogP contribution in [0.1, 0.15) is 42.0 Å². The first-order chi connectivity index (χ1) is 12.1. The second-order valence-corrected chi connectivity index (χ2v) is 7.29. The van der Waals surface area contributed by atoms with Gasteiger partial charge in [0.1, 0.15) is 23.2 Å². The Morgan fingerprint density at radius 3 is 3.08 bits per heavy atom. The fraction of sp³-hybridized carbons (Fsp3) is 0.389. The lowest BCUT2D eigenvalue weighted by Crippen LogP contribution is -2.29. The van der Waals surface area contributed by atoms with Gasteiger partial charge in [0.15, 0.2) is 0 Å². The van der Waals surface area contributed by atoms with Crippen LogP contribution in [-0.2, 0) is 29.0 Å². The average molecular weight is 358 g/mol. The molecule has 0 bridgehead atoms. The third kappa shape index (κ3) is 2.89. The van der Waals surface area contributed by atoms with E-state index in [2.05, 4.69) is 4.98 Å². The number of fused-ring (bicyclic) bond motifs is 3. The lowest BCUT2D eigenvalue weighted by atomic mass is 9.97. The molecule has 1 aliphatic rings. The summed E-state index contributed by atoms with van der Waals surface area (Å²) in [6.07, 6.45) is 7.14. The Balaban J connectivity index is 1.63. The van der Waals surface area contributed by atoms with Crippen molar-refractivity contribution in [2.45, 2.75) is 45.3 Å². The minimum absolute atomic E-state index is 0.0500. The van der Waals surface area contributed by atoms with E-state index in [4.69, 9.17) is 9.15 Å². The molecule has 0 fully saturated rings. The number of aryl methyl sites for hydroxylation is 2. The Morgan fingerprint density at radius 1 is 1.44 bits per heavy atom. The van der Waals surface area contributed by atoms with E-state index in [0.29, 0.717) is 11.1 Å². The van der Waals surface area contributed by atoms with Gasteiger partial charge in [-0.05, 0) is 50.3 Å². The lowest BCUT2D eigenvalue weighted by molar-refractivity contribution is -0.149. The molecule has 1 atom stereocenters. The molecule has 0 unspecified atom stereocenters. The number of rotatable bonds is 4. The largest absolute Gasteiger partial charge is 0.466 e. The first kappa shape index (κ1) is 16.1. The van der Waals surface area contributed by atoms with Crippen molar-refractivity contribution >= 4 is 27.5 Å². The SMILES string of the molecule is C[C@H](C(=O)OCc1ccco1)n1cnc2sc3c(c2c1=O)CCCC3. The maximum absolute atomic E-state index is 12.9. The van der Waals surface area contributed by atoms with E-state index in [1.165, 1.54) is 22.0 Å². The first-order valence-corrected chi connectivity index (χ1v) is 9.17. The molecule has 0 saturated carbocycles. The van der Waals surface area contributed by atoms with Crippen LogP contribution in [0.15, 0.2) is 33.9 Å². The highest BCUT2D eigenvalue weighted by Gasteiger charge is 2.24. The van der Waals surface area contributed by atoms with Gasteiger partial charge in [0.25, 0.3) is 5.56 Å². The second kappa shape index (κ2) is 6.48. The van der Waals surface area contributed by atoms with Crippen LogP contribution >= 0.6 is 11.3 Å². The number of carbonyl (C=O) groups excluding carboxylic acids is 1. The van der Waals surface area contributed by atoms with Crippen LogP contribution in [0.3, 0.4) is 0 Å². The van der Waals surface area contributed by atoms with Crippen molar-refractivity contribution in [2.75, 3.05) is 0 Å². The van der Waals surface area contributed by atoms with Gasteiger partial charge in [0, 0.05) is 4.88 Å². The van der Waals surface area contributed by atoms with Crippen LogP contribution in [0.25, 0.3) is 10.2 Å². The molecular formula is C18H18N2O4S. The zero-order valence-electron chi connectivity index (χ0n) is 13.9. The van der Waals surface area contributed by atoms with Crippen LogP contribution in [0, 0.1) is 0 Å². The maximum Gasteiger partial charge on any atom is 0.329 e. The highest BCUT2D eigenvalue weighted by atomic mass is 32.1. The van der Waals surface area contributed by atoms with Crippen LogP contribution in [0.5, 0.6) is 0 Å². The van der Waals surface area contributed by atoms with Gasteiger partial charge in [-0.25, -0.2) is 9.78 Å². The van der Waals surface area contributed by atoms with E-state index >= 15 is 0 Å². The molecule has 25 heavy (non-hydrogen) atoms. The van der Waals surface area contributed by atoms with Gasteiger partial charge in [-0.3, -0.25) is 9.36 Å². The third-order valence-corrected chi connectivity index (χ3v) is 5.80. The predicted molar refractivity (Wildman–Crippen MR) is 93.7 cm³/mol. The summed E-state index contributed by atoms with van der Waals surface area (Å²) in [5, 5.41) is 0.674. The molecule has 0 aromatic carbocycles. The highest BCUT2D eigenvalue weighted by molar-refractivity contribution is 7.18. The van der Waals surface area contributed by atoms with Gasteiger partial charge in [-0.15, -0.1) is 11.3 Å². The topological polar surface area (TPSA) is 74.3 Å². The molecule has 130 valence electrons. The number of hydrogen-bond acceptors (Lipinski definition) is 6. The zero-order valence-corrected chi connectivity index (χ0v) is 14.7. The van der Waals surface area contributed by atoms with Gasteiger partial charge in [0.05, 0.1) is 18.0 Å². The van der Waals surface area contributed by atoms with Crippen LogP contribution in [0.2, 0.25) is 0 Å². The standard InChI is InChI=1S/C18H18N2O4S/c1-11(18(22)24-9-12-5-4-8-23-12)20-10-19-16-15(17(20)21)13-6-2-3-7-14(13)25-16/h4-5,8,10-11H,2-3,6-7,9H2,1H3/t11-/m1/s1. The number of ether oxygens (including phenoxy) is 1. The molecule has 0 amide bonds. The van der Waals surface area contributed by atoms with E-state index in [0.717, 1.165) is 36.1 Å². The molecule has 3 heterocycles. The van der Waals surface area contributed by atoms with E-state index in [9.17, 15) is 9.59 Å². The quantitative estimate of drug-likeness (QED) is 0.670. The van der Waals surface area contributed by atoms with E-state index in [1.807, 2.05) is 0 Å². The molecule has 0 radical (unpaired) electrons. The molecule has 3 aromatic heterocycles. The molecule has 6 nitrogen and oxygen atoms in total. The fourth-order valence-corrected chi connectivity index (χ4v) is 4.43. The first-order valence-electron chi connectivity index (χ1n) is 8.35. The van der Waals surface area contributed by atoms with Crippen LogP contribution in [0.4, 0.5) is 0 Å². The lowest BCUT2D eigenvalue weighted by Gasteiger charge is -2.14. The number of hydrogen-bond donors (Lipinski definition) is 0. The number of carbonyl (C=O) groups is 1. The Labute approximate surface area is 148 Å². The summed E-state index contributed by atoms with van der Waals surface area (Å²) in [7, 11) is 0. The van der Waals surface area contributed by atoms with Crippen LogP contribution in [-0.4, -0.2) is 15.5 Å². The second-order valence-electron chi connectivity index (χ2n) is 6.21. The molecule has 0 aliphatic heterocycles. The van der Waals surface area contributed by atoms with Crippen molar-refractivity contribution in [3.05, 3.63) is 51.3 Å². The summed E-state index contributed by atoms with van der Waals surface area (Å²) in [6, 6.07) is 2.72. The molecule has 4 rings (SSSR count). The molecule has 7 heteroatoms. The van der Waals surface area contributed by atoms with Crippen molar-refractivity contribution in [1.82, 2.24) is 9.55 Å². The van der Waals surface area contributed by atoms with Gasteiger partial charge in [-0.1, -0.05) is 0 Å². The summed E-state index contributed by atoms with van der Waals surface area (Å²) >= 11 is 1.60. The average Bonchev–Trinajstić information content (AvgIpc) is 3.26. The van der Waals surface area contributed by atoms with E-state index < -0.39 is 12.0 Å². The molecule has 0 N–H and O–H groups in total. The third-order valence-electron chi connectivity index (χ3n) is 4.60. The van der Waals surface area contributed by atoms with Gasteiger partial charge in [0.2, 0.25) is 0 Å². The summed E-state index contributed by atoms with van der Waals surface area (Å²) < 4.78 is 11.8. The molecule has 0 saturated heterocycles. The van der Waals surface area contributed by atoms with E-state index in [1.54, 1.807) is 30.4 Å². The van der Waals surface area contributed by atoms with Crippen molar-refractivity contribution in [1.29, 1.82) is 0 Å². The number of nitrogens with zero attached hydrogens (tertiary/aromatic N) is 2. The number of esters is 1. The highest BCUT2D eigenvalue weighted by Crippen LogP contribution is 2.33. The zero-order chi connectivity index (χ0) is 17.4. The van der Waals surface area contributed by atoms with Crippen molar-refractivity contribution in [3.63, 3.8) is 0 Å². The van der Waals surface area contributed by atoms with Crippen molar-refractivity contribution < 1.29 is 13.9 Å². The summed E-state index contributed by atoms with van der Waals surface area (Å²) in [5.74, 6) is 0.0807. The molecule has 1 aliphatic carbocycles. The van der Waals surface area contributed by atoms with Gasteiger partial charge < -0.3 is 9.15 Å². The molecule has 0 spiro atoms. The Hall–Kier alpha value is -2.41. The summed E-state index contributed by atoms with van der Waals surface area (Å²) in [4.78, 5) is 31.7. The fourth-order valence-electron chi connectivity index (χ4n) is 3.21. The normalized spacial score (nSPS) is 15.1. The van der Waals surface area contributed by atoms with Crippen LogP contribution < -0.4 is 5.56 Å². The Kier molecular flexibility index (Phi) is 4.17. The molecular weight excluding hydrogens is 340 g/mol. The summed E-state index contributed by atoms with van der Waals surface area (Å²) in [5.41, 5.74) is 0.959. The Bertz CT molecular complexity index is 971. The van der Waals surface area contributed by atoms with Gasteiger partial charge >= 0.3 is 5.97 Å². The Morgan fingerprint density at radius 2 is 2.28 bits per heavy atom. The monoisotopic (exact) mass is 358 g/mol. The smallest absolute Gasteiger partial charge is 0.329 e. The van der Waals surface area contributed by atoms with Crippen molar-refractivity contribution in [3.8, 4) is 0 Å². The number of aromatic nitrogens is 2. The van der Waals surface area contributed by atoms with Gasteiger partial charge in [-0.2, -0.15) is 0 Å². The summed E-state index contributed by atoms with van der Waals surface area (Å²) in [6.45, 7) is 1.70. The van der Waals surface area contributed by atoms with E-state index in [-0.39, 0.29) is 12.2 Å². The minimum Gasteiger partial charge on any atom is -0.466 e.